The fourth-order valence-electron chi connectivity index (χ4n) is 1.77. The zero-order valence-electron chi connectivity index (χ0n) is 7.22. The molecule has 1 aromatic heterocycles. The van der Waals surface area contributed by atoms with Gasteiger partial charge in [0, 0.05) is 12.2 Å². The molecule has 11 heavy (non-hydrogen) atoms. The largest absolute Gasteiger partial charge is 0.269 e. The van der Waals surface area contributed by atoms with Gasteiger partial charge in [-0.05, 0) is 38.7 Å². The second-order valence-corrected chi connectivity index (χ2v) is 3.34. The molecule has 60 valence electrons. The van der Waals surface area contributed by atoms with Crippen molar-refractivity contribution >= 4 is 0 Å². The third-order valence-electron chi connectivity index (χ3n) is 2.59. The smallest absolute Gasteiger partial charge is 0.0625 e. The first-order valence-corrected chi connectivity index (χ1v) is 4.32. The van der Waals surface area contributed by atoms with Gasteiger partial charge in [0.25, 0.3) is 0 Å². The van der Waals surface area contributed by atoms with Crippen LogP contribution in [0, 0.1) is 13.8 Å². The normalized spacial score (nSPS) is 16.5. The van der Waals surface area contributed by atoms with Gasteiger partial charge in [-0.2, -0.15) is 5.10 Å². The van der Waals surface area contributed by atoms with Gasteiger partial charge in [-0.15, -0.1) is 0 Å². The molecule has 1 aliphatic rings. The van der Waals surface area contributed by atoms with Crippen LogP contribution < -0.4 is 0 Å². The Morgan fingerprint density at radius 3 is 2.82 bits per heavy atom. The molecule has 2 heteroatoms. The quantitative estimate of drug-likeness (QED) is 0.551. The Morgan fingerprint density at radius 2 is 2.09 bits per heavy atom. The standard InChI is InChI=1S/C9H14N2/c1-7-8(2)10-11-6-4-3-5-9(7)11/h3-6H2,1-2H3. The fourth-order valence-corrected chi connectivity index (χ4v) is 1.77. The summed E-state index contributed by atoms with van der Waals surface area (Å²) in [7, 11) is 0. The predicted molar refractivity (Wildman–Crippen MR) is 44.6 cm³/mol. The highest BCUT2D eigenvalue weighted by Gasteiger charge is 2.14. The maximum atomic E-state index is 4.47. The Balaban J connectivity index is 2.50. The first kappa shape index (κ1) is 6.89. The van der Waals surface area contributed by atoms with Crippen molar-refractivity contribution in [2.45, 2.75) is 39.7 Å². The van der Waals surface area contributed by atoms with Crippen LogP contribution in [-0.4, -0.2) is 9.78 Å². The number of aryl methyl sites for hydroxylation is 2. The highest BCUT2D eigenvalue weighted by molar-refractivity contribution is 5.24. The summed E-state index contributed by atoms with van der Waals surface area (Å²) in [6, 6.07) is 0. The first-order valence-electron chi connectivity index (χ1n) is 4.32. The maximum absolute atomic E-state index is 4.47. The van der Waals surface area contributed by atoms with Gasteiger partial charge in [0.05, 0.1) is 5.69 Å². The van der Waals surface area contributed by atoms with Gasteiger partial charge in [0.2, 0.25) is 0 Å². The molecule has 1 aliphatic heterocycles. The molecular formula is C9H14N2. The van der Waals surface area contributed by atoms with Gasteiger partial charge in [0.1, 0.15) is 0 Å². The Bertz CT molecular complexity index is 273. The van der Waals surface area contributed by atoms with Gasteiger partial charge in [-0.1, -0.05) is 0 Å². The third-order valence-corrected chi connectivity index (χ3v) is 2.59. The molecule has 0 unspecified atom stereocenters. The van der Waals surface area contributed by atoms with Crippen LogP contribution in [0.25, 0.3) is 0 Å². The van der Waals surface area contributed by atoms with E-state index in [1.807, 2.05) is 0 Å². The molecule has 0 fully saturated rings. The topological polar surface area (TPSA) is 17.8 Å². The van der Waals surface area contributed by atoms with E-state index in [1.54, 1.807) is 0 Å². The molecule has 0 amide bonds. The lowest BCUT2D eigenvalue weighted by Gasteiger charge is -2.13. The van der Waals surface area contributed by atoms with Gasteiger partial charge < -0.3 is 0 Å². The van der Waals surface area contributed by atoms with E-state index in [1.165, 1.54) is 36.2 Å². The molecule has 0 bridgehead atoms. The summed E-state index contributed by atoms with van der Waals surface area (Å²) in [5.74, 6) is 0. The van der Waals surface area contributed by atoms with Crippen LogP contribution in [0.4, 0.5) is 0 Å². The van der Waals surface area contributed by atoms with E-state index in [0.29, 0.717) is 0 Å². The van der Waals surface area contributed by atoms with E-state index in [0.717, 1.165) is 6.54 Å². The average Bonchev–Trinajstić information content (AvgIpc) is 2.30. The highest BCUT2D eigenvalue weighted by atomic mass is 15.3. The monoisotopic (exact) mass is 150 g/mol. The summed E-state index contributed by atoms with van der Waals surface area (Å²) in [6.45, 7) is 5.41. The fraction of sp³-hybridized carbons (Fsp3) is 0.667. The SMILES string of the molecule is Cc1nn2c(c1C)CCCC2. The lowest BCUT2D eigenvalue weighted by atomic mass is 10.1. The summed E-state index contributed by atoms with van der Waals surface area (Å²) in [5.41, 5.74) is 4.08. The van der Waals surface area contributed by atoms with Gasteiger partial charge in [0.15, 0.2) is 0 Å². The highest BCUT2D eigenvalue weighted by Crippen LogP contribution is 2.19. The summed E-state index contributed by atoms with van der Waals surface area (Å²) >= 11 is 0. The molecule has 2 heterocycles. The predicted octanol–water partition coefficient (Wildman–Crippen LogP) is 1.84. The van der Waals surface area contributed by atoms with Crippen molar-refractivity contribution < 1.29 is 0 Å². The Hall–Kier alpha value is -0.790. The first-order chi connectivity index (χ1) is 5.29. The molecule has 1 aromatic rings. The summed E-state index contributed by atoms with van der Waals surface area (Å²) in [5, 5.41) is 4.47. The van der Waals surface area contributed by atoms with E-state index in [-0.39, 0.29) is 0 Å². The van der Waals surface area contributed by atoms with Crippen molar-refractivity contribution in [3.8, 4) is 0 Å². The number of fused-ring (bicyclic) bond motifs is 1. The second-order valence-electron chi connectivity index (χ2n) is 3.34. The number of rotatable bonds is 0. The van der Waals surface area contributed by atoms with Crippen LogP contribution in [0.3, 0.4) is 0 Å². The molecule has 0 aromatic carbocycles. The van der Waals surface area contributed by atoms with E-state index >= 15 is 0 Å². The van der Waals surface area contributed by atoms with Crippen LogP contribution in [0.15, 0.2) is 0 Å². The lowest BCUT2D eigenvalue weighted by molar-refractivity contribution is 0.483. The van der Waals surface area contributed by atoms with Crippen molar-refractivity contribution in [3.05, 3.63) is 17.0 Å². The minimum absolute atomic E-state index is 1.13. The number of hydrogen-bond donors (Lipinski definition) is 0. The van der Waals surface area contributed by atoms with Crippen LogP contribution >= 0.6 is 0 Å². The Kier molecular flexibility index (Phi) is 1.48. The van der Waals surface area contributed by atoms with E-state index in [2.05, 4.69) is 23.6 Å². The van der Waals surface area contributed by atoms with Crippen LogP contribution in [0.1, 0.15) is 29.8 Å². The molecule has 0 N–H and O–H groups in total. The van der Waals surface area contributed by atoms with E-state index in [4.69, 9.17) is 0 Å². The number of nitrogens with zero attached hydrogens (tertiary/aromatic N) is 2. The third kappa shape index (κ3) is 0.971. The van der Waals surface area contributed by atoms with Crippen LogP contribution in [0.5, 0.6) is 0 Å². The van der Waals surface area contributed by atoms with Gasteiger partial charge >= 0.3 is 0 Å². The number of hydrogen-bond acceptors (Lipinski definition) is 1. The van der Waals surface area contributed by atoms with E-state index in [9.17, 15) is 0 Å². The lowest BCUT2D eigenvalue weighted by Crippen LogP contribution is -2.11. The summed E-state index contributed by atoms with van der Waals surface area (Å²) < 4.78 is 2.17. The molecule has 2 rings (SSSR count). The maximum Gasteiger partial charge on any atom is 0.0625 e. The second kappa shape index (κ2) is 2.36. The zero-order valence-corrected chi connectivity index (χ0v) is 7.22. The molecule has 0 aliphatic carbocycles. The minimum Gasteiger partial charge on any atom is -0.269 e. The Labute approximate surface area is 67.2 Å². The zero-order chi connectivity index (χ0) is 7.84. The minimum atomic E-state index is 1.13. The molecule has 0 atom stereocenters. The molecule has 2 nitrogen and oxygen atoms in total. The van der Waals surface area contributed by atoms with Crippen molar-refractivity contribution in [2.75, 3.05) is 0 Å². The van der Waals surface area contributed by atoms with E-state index < -0.39 is 0 Å². The molecule has 0 spiro atoms. The van der Waals surface area contributed by atoms with Crippen molar-refractivity contribution in [2.24, 2.45) is 0 Å². The van der Waals surface area contributed by atoms with Crippen molar-refractivity contribution in [1.82, 2.24) is 9.78 Å². The molecular weight excluding hydrogens is 136 g/mol. The molecule has 0 saturated carbocycles. The van der Waals surface area contributed by atoms with Crippen molar-refractivity contribution in [1.29, 1.82) is 0 Å². The van der Waals surface area contributed by atoms with Gasteiger partial charge in [-0.3, -0.25) is 4.68 Å². The summed E-state index contributed by atoms with van der Waals surface area (Å²) in [4.78, 5) is 0. The Morgan fingerprint density at radius 1 is 1.27 bits per heavy atom. The molecule has 0 saturated heterocycles. The molecule has 0 radical (unpaired) electrons. The van der Waals surface area contributed by atoms with Crippen molar-refractivity contribution in [3.63, 3.8) is 0 Å². The summed E-state index contributed by atoms with van der Waals surface area (Å²) in [6.07, 6.45) is 3.87. The van der Waals surface area contributed by atoms with Crippen LogP contribution in [0.2, 0.25) is 0 Å². The van der Waals surface area contributed by atoms with Gasteiger partial charge in [-0.25, -0.2) is 0 Å². The average molecular weight is 150 g/mol. The number of aromatic nitrogens is 2. The van der Waals surface area contributed by atoms with Crippen LogP contribution in [-0.2, 0) is 13.0 Å².